The van der Waals surface area contributed by atoms with Crippen LogP contribution in [-0.4, -0.2) is 44.4 Å². The largest absolute Gasteiger partial charge is 0.497 e. The third-order valence-corrected chi connectivity index (χ3v) is 3.37. The molecule has 1 aromatic carbocycles. The fourth-order valence-corrected chi connectivity index (χ4v) is 2.06. The summed E-state index contributed by atoms with van der Waals surface area (Å²) in [5.74, 6) is 2.06. The molecule has 20 heavy (non-hydrogen) atoms. The Kier molecular flexibility index (Phi) is 6.82. The van der Waals surface area contributed by atoms with E-state index >= 15 is 0 Å². The third-order valence-electron chi connectivity index (χ3n) is 3.37. The summed E-state index contributed by atoms with van der Waals surface area (Å²) in [6.07, 6.45) is 0.566. The molecule has 1 unspecified atom stereocenters. The summed E-state index contributed by atoms with van der Waals surface area (Å²) in [5.41, 5.74) is 0.796. The predicted octanol–water partition coefficient (Wildman–Crippen LogP) is 2.72. The van der Waals surface area contributed by atoms with Gasteiger partial charge in [0.25, 0.3) is 0 Å². The third kappa shape index (κ3) is 5.02. The molecule has 0 saturated carbocycles. The maximum atomic E-state index is 10.4. The Morgan fingerprint density at radius 1 is 1.20 bits per heavy atom. The number of benzene rings is 1. The van der Waals surface area contributed by atoms with Crippen LogP contribution in [0, 0.1) is 5.92 Å². The van der Waals surface area contributed by atoms with Gasteiger partial charge in [0.1, 0.15) is 11.5 Å². The first-order chi connectivity index (χ1) is 9.47. The number of aliphatic hydroxyl groups is 1. The molecule has 1 aromatic rings. The molecule has 0 amide bonds. The van der Waals surface area contributed by atoms with E-state index in [1.54, 1.807) is 20.3 Å². The average molecular weight is 281 g/mol. The number of aliphatic hydroxyl groups excluding tert-OH is 1. The van der Waals surface area contributed by atoms with Crippen molar-refractivity contribution in [1.82, 2.24) is 4.90 Å². The van der Waals surface area contributed by atoms with E-state index in [1.165, 1.54) is 0 Å². The van der Waals surface area contributed by atoms with Crippen molar-refractivity contribution in [2.24, 2.45) is 5.92 Å². The van der Waals surface area contributed by atoms with Crippen molar-refractivity contribution < 1.29 is 14.6 Å². The van der Waals surface area contributed by atoms with Gasteiger partial charge in [-0.2, -0.15) is 0 Å². The zero-order valence-corrected chi connectivity index (χ0v) is 13.2. The minimum absolute atomic E-state index is 0.562. The van der Waals surface area contributed by atoms with Crippen LogP contribution < -0.4 is 9.47 Å². The molecule has 114 valence electrons. The first-order valence-electron chi connectivity index (χ1n) is 7.06. The molecule has 1 N–H and O–H groups in total. The number of hydrogen-bond donors (Lipinski definition) is 1. The maximum Gasteiger partial charge on any atom is 0.128 e. The van der Waals surface area contributed by atoms with E-state index in [0.29, 0.717) is 18.2 Å². The highest BCUT2D eigenvalue weighted by molar-refractivity contribution is 5.42. The van der Waals surface area contributed by atoms with E-state index in [9.17, 15) is 5.11 Å². The van der Waals surface area contributed by atoms with E-state index in [-0.39, 0.29) is 0 Å². The molecule has 0 fully saturated rings. The lowest BCUT2D eigenvalue weighted by Gasteiger charge is -2.23. The number of ether oxygens (including phenoxy) is 2. The van der Waals surface area contributed by atoms with E-state index in [2.05, 4.69) is 18.7 Å². The van der Waals surface area contributed by atoms with E-state index < -0.39 is 6.10 Å². The quantitative estimate of drug-likeness (QED) is 0.795. The highest BCUT2D eigenvalue weighted by Crippen LogP contribution is 2.29. The van der Waals surface area contributed by atoms with Crippen LogP contribution in [0.1, 0.15) is 31.9 Å². The zero-order chi connectivity index (χ0) is 15.1. The lowest BCUT2D eigenvalue weighted by atomic mass is 10.1. The fourth-order valence-electron chi connectivity index (χ4n) is 2.06. The Morgan fingerprint density at radius 3 is 2.45 bits per heavy atom. The van der Waals surface area contributed by atoms with Crippen molar-refractivity contribution in [3.63, 3.8) is 0 Å². The Labute approximate surface area is 122 Å². The van der Waals surface area contributed by atoms with Crippen LogP contribution in [0.3, 0.4) is 0 Å². The van der Waals surface area contributed by atoms with Crippen LogP contribution >= 0.6 is 0 Å². The van der Waals surface area contributed by atoms with E-state index in [0.717, 1.165) is 24.3 Å². The normalized spacial score (nSPS) is 12.8. The smallest absolute Gasteiger partial charge is 0.128 e. The second-order valence-electron chi connectivity index (χ2n) is 5.57. The summed E-state index contributed by atoms with van der Waals surface area (Å²) in [5, 5.41) is 10.4. The van der Waals surface area contributed by atoms with Gasteiger partial charge in [0.05, 0.1) is 20.3 Å². The first-order valence-corrected chi connectivity index (χ1v) is 7.06. The number of hydrogen-bond acceptors (Lipinski definition) is 4. The van der Waals surface area contributed by atoms with Crippen LogP contribution in [0.2, 0.25) is 0 Å². The van der Waals surface area contributed by atoms with Crippen LogP contribution in [-0.2, 0) is 0 Å². The summed E-state index contributed by atoms with van der Waals surface area (Å²) in [7, 11) is 5.25. The molecule has 0 aliphatic heterocycles. The lowest BCUT2D eigenvalue weighted by Crippen LogP contribution is -2.26. The number of rotatable bonds is 8. The molecule has 0 radical (unpaired) electrons. The van der Waals surface area contributed by atoms with Crippen molar-refractivity contribution in [3.8, 4) is 11.5 Å². The van der Waals surface area contributed by atoms with Crippen molar-refractivity contribution in [2.75, 3.05) is 34.4 Å². The standard InChI is InChI=1S/C16H27NO3/c1-12(2)8-9-17(3)11-15(18)14-7-6-13(19-4)10-16(14)20-5/h6-7,10,12,15,18H,8-9,11H2,1-5H3. The van der Waals surface area contributed by atoms with Gasteiger partial charge in [0.2, 0.25) is 0 Å². The summed E-state index contributed by atoms with van der Waals surface area (Å²) in [6, 6.07) is 5.50. The molecule has 0 heterocycles. The van der Waals surface area contributed by atoms with Crippen LogP contribution in [0.15, 0.2) is 18.2 Å². The van der Waals surface area contributed by atoms with Crippen molar-refractivity contribution in [2.45, 2.75) is 26.4 Å². The summed E-state index contributed by atoms with van der Waals surface area (Å²) < 4.78 is 10.5. The van der Waals surface area contributed by atoms with Gasteiger partial charge in [0, 0.05) is 18.2 Å². The Bertz CT molecular complexity index is 407. The van der Waals surface area contributed by atoms with Crippen molar-refractivity contribution in [3.05, 3.63) is 23.8 Å². The molecule has 4 heteroatoms. The van der Waals surface area contributed by atoms with Crippen molar-refractivity contribution >= 4 is 0 Å². The molecule has 0 aliphatic rings. The number of methoxy groups -OCH3 is 2. The minimum Gasteiger partial charge on any atom is -0.497 e. The SMILES string of the molecule is COc1ccc(C(O)CN(C)CCC(C)C)c(OC)c1. The van der Waals surface area contributed by atoms with Gasteiger partial charge in [-0.1, -0.05) is 13.8 Å². The number of nitrogens with zero attached hydrogens (tertiary/aromatic N) is 1. The second kappa shape index (κ2) is 8.12. The van der Waals surface area contributed by atoms with Gasteiger partial charge >= 0.3 is 0 Å². The molecular weight excluding hydrogens is 254 g/mol. The van der Waals surface area contributed by atoms with Crippen LogP contribution in [0.5, 0.6) is 11.5 Å². The first kappa shape index (κ1) is 16.8. The summed E-state index contributed by atoms with van der Waals surface area (Å²) >= 11 is 0. The topological polar surface area (TPSA) is 41.9 Å². The van der Waals surface area contributed by atoms with Gasteiger partial charge in [-0.05, 0) is 38.1 Å². The Hall–Kier alpha value is -1.26. The average Bonchev–Trinajstić information content (AvgIpc) is 2.44. The summed E-state index contributed by atoms with van der Waals surface area (Å²) in [4.78, 5) is 2.15. The molecule has 1 atom stereocenters. The molecule has 0 spiro atoms. The van der Waals surface area contributed by atoms with Gasteiger partial charge in [-0.3, -0.25) is 0 Å². The Balaban J connectivity index is 2.69. The second-order valence-corrected chi connectivity index (χ2v) is 5.57. The maximum absolute atomic E-state index is 10.4. The molecule has 0 aromatic heterocycles. The van der Waals surface area contributed by atoms with Crippen molar-refractivity contribution in [1.29, 1.82) is 0 Å². The van der Waals surface area contributed by atoms with Gasteiger partial charge in [-0.15, -0.1) is 0 Å². The highest BCUT2D eigenvalue weighted by atomic mass is 16.5. The molecular formula is C16H27NO3. The predicted molar refractivity (Wildman–Crippen MR) is 81.5 cm³/mol. The molecule has 0 saturated heterocycles. The molecule has 0 bridgehead atoms. The van der Waals surface area contributed by atoms with Gasteiger partial charge < -0.3 is 19.5 Å². The zero-order valence-electron chi connectivity index (χ0n) is 13.2. The van der Waals surface area contributed by atoms with Crippen LogP contribution in [0.4, 0.5) is 0 Å². The number of likely N-dealkylation sites (N-methyl/N-ethyl adjacent to an activating group) is 1. The monoisotopic (exact) mass is 281 g/mol. The van der Waals surface area contributed by atoms with E-state index in [4.69, 9.17) is 9.47 Å². The van der Waals surface area contributed by atoms with Gasteiger partial charge in [0.15, 0.2) is 0 Å². The lowest BCUT2D eigenvalue weighted by molar-refractivity contribution is 0.121. The minimum atomic E-state index is -0.562. The molecule has 4 nitrogen and oxygen atoms in total. The fraction of sp³-hybridized carbons (Fsp3) is 0.625. The Morgan fingerprint density at radius 2 is 1.90 bits per heavy atom. The molecule has 1 rings (SSSR count). The highest BCUT2D eigenvalue weighted by Gasteiger charge is 2.16. The van der Waals surface area contributed by atoms with Gasteiger partial charge in [-0.25, -0.2) is 0 Å². The van der Waals surface area contributed by atoms with Crippen LogP contribution in [0.25, 0.3) is 0 Å². The molecule has 0 aliphatic carbocycles. The summed E-state index contributed by atoms with van der Waals surface area (Å²) in [6.45, 7) is 5.98. The van der Waals surface area contributed by atoms with E-state index in [1.807, 2.05) is 19.2 Å².